The number of nitrogens with two attached hydrogens (primary N) is 1. The largest absolute Gasteiger partial charge is 0.382 e. The van der Waals surface area contributed by atoms with Crippen LogP contribution in [0.3, 0.4) is 0 Å². The van der Waals surface area contributed by atoms with Gasteiger partial charge in [-0.3, -0.25) is 4.79 Å². The normalized spacial score (nSPS) is 24.1. The van der Waals surface area contributed by atoms with Crippen LogP contribution in [0.25, 0.3) is 22.5 Å². The van der Waals surface area contributed by atoms with E-state index >= 15 is 0 Å². The van der Waals surface area contributed by atoms with Crippen LogP contribution in [0.1, 0.15) is 27.9 Å². The molecule has 7 heteroatoms. The van der Waals surface area contributed by atoms with Crippen LogP contribution in [0.15, 0.2) is 42.6 Å². The van der Waals surface area contributed by atoms with E-state index in [0.717, 1.165) is 23.6 Å². The molecule has 1 aromatic heterocycles. The fraction of sp³-hybridized carbons (Fsp3) is 0.320. The molecule has 0 bridgehead atoms. The number of aromatic nitrogens is 2. The van der Waals surface area contributed by atoms with Crippen LogP contribution < -0.4 is 11.1 Å². The van der Waals surface area contributed by atoms with Gasteiger partial charge in [-0.15, -0.1) is 0 Å². The van der Waals surface area contributed by atoms with Gasteiger partial charge in [-0.2, -0.15) is 0 Å². The second-order valence-electron chi connectivity index (χ2n) is 9.32. The molecular formula is C25H24FN5O. The molecule has 0 radical (unpaired) electrons. The van der Waals surface area contributed by atoms with Crippen molar-refractivity contribution in [2.75, 3.05) is 32.4 Å². The Morgan fingerprint density at radius 3 is 2.78 bits per heavy atom. The highest BCUT2D eigenvalue weighted by molar-refractivity contribution is 5.97. The van der Waals surface area contributed by atoms with Crippen molar-refractivity contribution in [2.24, 2.45) is 5.92 Å². The number of amides is 1. The lowest BCUT2D eigenvalue weighted by Crippen LogP contribution is -2.32. The minimum atomic E-state index is -0.529. The summed E-state index contributed by atoms with van der Waals surface area (Å²) in [5, 5.41) is 2.74. The van der Waals surface area contributed by atoms with Crippen LogP contribution in [-0.2, 0) is 11.8 Å². The fourth-order valence-corrected chi connectivity index (χ4v) is 5.51. The zero-order chi connectivity index (χ0) is 22.0. The van der Waals surface area contributed by atoms with Gasteiger partial charge in [0.25, 0.3) is 5.91 Å². The standard InChI is InChI=1S/C25H24FN5O/c1-31-12-17-10-25(17,13-31)16-4-2-14(3-5-16)21-11-29-23(27)22(30-21)19-8-15-6-7-28-24(32)18(15)9-20(19)26/h2-5,8-9,11,17H,6-7,10,12-13H2,1H3,(H2,27,29)(H,28,32)/t17-,25+/m1/s1. The molecule has 0 spiro atoms. The first kappa shape index (κ1) is 19.4. The Bertz CT molecular complexity index is 1260. The molecule has 2 aromatic carbocycles. The Morgan fingerprint density at radius 1 is 1.22 bits per heavy atom. The lowest BCUT2D eigenvalue weighted by Gasteiger charge is -2.18. The maximum absolute atomic E-state index is 14.9. The van der Waals surface area contributed by atoms with Gasteiger partial charge in [0.1, 0.15) is 17.3 Å². The van der Waals surface area contributed by atoms with E-state index in [1.165, 1.54) is 24.6 Å². The van der Waals surface area contributed by atoms with Gasteiger partial charge in [-0.25, -0.2) is 14.4 Å². The van der Waals surface area contributed by atoms with Crippen molar-refractivity contribution in [3.8, 4) is 22.5 Å². The highest BCUT2D eigenvalue weighted by atomic mass is 19.1. The molecule has 3 heterocycles. The summed E-state index contributed by atoms with van der Waals surface area (Å²) in [6.07, 6.45) is 3.53. The average Bonchev–Trinajstić information content (AvgIpc) is 3.36. The molecule has 1 aliphatic carbocycles. The van der Waals surface area contributed by atoms with E-state index in [9.17, 15) is 9.18 Å². The highest BCUT2D eigenvalue weighted by Gasteiger charge is 2.59. The summed E-state index contributed by atoms with van der Waals surface area (Å²) in [6, 6.07) is 11.4. The molecule has 0 unspecified atom stereocenters. The zero-order valence-corrected chi connectivity index (χ0v) is 17.9. The van der Waals surface area contributed by atoms with E-state index < -0.39 is 5.82 Å². The summed E-state index contributed by atoms with van der Waals surface area (Å²) in [5.74, 6) is 0.141. The van der Waals surface area contributed by atoms with Gasteiger partial charge in [0, 0.05) is 41.7 Å². The van der Waals surface area contributed by atoms with Gasteiger partial charge in [0.15, 0.2) is 0 Å². The predicted octanol–water partition coefficient (Wildman–Crippen LogP) is 3.02. The van der Waals surface area contributed by atoms with Crippen LogP contribution in [0.5, 0.6) is 0 Å². The van der Waals surface area contributed by atoms with E-state index in [1.807, 2.05) is 0 Å². The van der Waals surface area contributed by atoms with Gasteiger partial charge in [-0.1, -0.05) is 24.3 Å². The molecule has 32 heavy (non-hydrogen) atoms. The van der Waals surface area contributed by atoms with E-state index in [1.54, 1.807) is 12.3 Å². The number of rotatable bonds is 3. The summed E-state index contributed by atoms with van der Waals surface area (Å²) in [6.45, 7) is 2.81. The highest BCUT2D eigenvalue weighted by Crippen LogP contribution is 2.58. The van der Waals surface area contributed by atoms with Crippen molar-refractivity contribution in [3.05, 3.63) is 65.1 Å². The van der Waals surface area contributed by atoms with Crippen molar-refractivity contribution in [1.82, 2.24) is 20.2 Å². The molecule has 1 amide bonds. The molecule has 2 fully saturated rings. The van der Waals surface area contributed by atoms with E-state index in [-0.39, 0.29) is 17.3 Å². The Labute approximate surface area is 185 Å². The maximum Gasteiger partial charge on any atom is 0.251 e. The average molecular weight is 429 g/mol. The van der Waals surface area contributed by atoms with E-state index in [2.05, 4.69) is 51.5 Å². The smallest absolute Gasteiger partial charge is 0.251 e. The Balaban J connectivity index is 1.36. The number of carbonyl (C=O) groups excluding carboxylic acids is 1. The third kappa shape index (κ3) is 2.92. The van der Waals surface area contributed by atoms with E-state index in [0.29, 0.717) is 35.3 Å². The Kier molecular flexibility index (Phi) is 4.14. The van der Waals surface area contributed by atoms with Crippen LogP contribution in [0.2, 0.25) is 0 Å². The van der Waals surface area contributed by atoms with Crippen LogP contribution >= 0.6 is 0 Å². The third-order valence-corrected chi connectivity index (χ3v) is 7.25. The minimum Gasteiger partial charge on any atom is -0.382 e. The number of fused-ring (bicyclic) bond motifs is 2. The number of nitrogen functional groups attached to an aromatic ring is 1. The third-order valence-electron chi connectivity index (χ3n) is 7.25. The zero-order valence-electron chi connectivity index (χ0n) is 17.9. The number of hydrogen-bond donors (Lipinski definition) is 2. The molecule has 6 rings (SSSR count). The van der Waals surface area contributed by atoms with Crippen LogP contribution in [0.4, 0.5) is 10.2 Å². The van der Waals surface area contributed by atoms with Gasteiger partial charge < -0.3 is 16.0 Å². The Hall–Kier alpha value is -3.32. The number of likely N-dealkylation sites (N-methyl/N-ethyl adjacent to an activating group) is 1. The summed E-state index contributed by atoms with van der Waals surface area (Å²) in [4.78, 5) is 23.4. The molecule has 1 saturated carbocycles. The number of nitrogens with one attached hydrogen (secondary N) is 1. The molecule has 3 aromatic rings. The number of hydrogen-bond acceptors (Lipinski definition) is 5. The minimum absolute atomic E-state index is 0.165. The molecule has 2 aliphatic heterocycles. The summed E-state index contributed by atoms with van der Waals surface area (Å²) >= 11 is 0. The summed E-state index contributed by atoms with van der Waals surface area (Å²) in [7, 11) is 2.18. The molecule has 162 valence electrons. The topological polar surface area (TPSA) is 84.1 Å². The molecule has 6 nitrogen and oxygen atoms in total. The summed E-state index contributed by atoms with van der Waals surface area (Å²) in [5.41, 5.74) is 11.1. The second kappa shape index (κ2) is 6.84. The predicted molar refractivity (Wildman–Crippen MR) is 121 cm³/mol. The van der Waals surface area contributed by atoms with Gasteiger partial charge in [-0.05, 0) is 49.1 Å². The van der Waals surface area contributed by atoms with Gasteiger partial charge in [0.05, 0.1) is 11.9 Å². The Morgan fingerprint density at radius 2 is 2.03 bits per heavy atom. The lowest BCUT2D eigenvalue weighted by molar-refractivity contribution is 0.0945. The van der Waals surface area contributed by atoms with Crippen molar-refractivity contribution in [2.45, 2.75) is 18.3 Å². The summed E-state index contributed by atoms with van der Waals surface area (Å²) < 4.78 is 14.9. The number of carbonyl (C=O) groups is 1. The lowest BCUT2D eigenvalue weighted by atomic mass is 9.93. The monoisotopic (exact) mass is 429 g/mol. The number of anilines is 1. The van der Waals surface area contributed by atoms with E-state index in [4.69, 9.17) is 5.73 Å². The maximum atomic E-state index is 14.9. The van der Waals surface area contributed by atoms with Crippen molar-refractivity contribution >= 4 is 11.7 Å². The molecule has 3 N–H and O–H groups in total. The quantitative estimate of drug-likeness (QED) is 0.669. The first-order chi connectivity index (χ1) is 15.4. The number of piperidine rings is 1. The van der Waals surface area contributed by atoms with Crippen molar-refractivity contribution in [1.29, 1.82) is 0 Å². The van der Waals surface area contributed by atoms with Gasteiger partial charge in [0.2, 0.25) is 0 Å². The molecule has 1 saturated heterocycles. The number of benzene rings is 2. The van der Waals surface area contributed by atoms with Crippen LogP contribution in [-0.4, -0.2) is 47.5 Å². The number of likely N-dealkylation sites (tertiary alicyclic amines) is 1. The number of nitrogens with zero attached hydrogens (tertiary/aromatic N) is 3. The first-order valence-electron chi connectivity index (χ1n) is 11.0. The molecule has 2 atom stereocenters. The van der Waals surface area contributed by atoms with Crippen LogP contribution in [0, 0.1) is 11.7 Å². The first-order valence-corrected chi connectivity index (χ1v) is 11.0. The van der Waals surface area contributed by atoms with Crippen molar-refractivity contribution in [3.63, 3.8) is 0 Å². The van der Waals surface area contributed by atoms with Crippen molar-refractivity contribution < 1.29 is 9.18 Å². The fourth-order valence-electron chi connectivity index (χ4n) is 5.51. The second-order valence-corrected chi connectivity index (χ2v) is 9.32. The van der Waals surface area contributed by atoms with Gasteiger partial charge >= 0.3 is 0 Å². The number of halogens is 1. The SMILES string of the molecule is CN1C[C@H]2C[C@@]2(c2ccc(-c3cnc(N)c(-c4cc5c(cc4F)C(=O)NCC5)n3)cc2)C1. The molecule has 3 aliphatic rings. The molecular weight excluding hydrogens is 405 g/mol.